The van der Waals surface area contributed by atoms with E-state index in [1.165, 1.54) is 6.07 Å². The molecule has 0 aliphatic heterocycles. The van der Waals surface area contributed by atoms with Gasteiger partial charge in [0.2, 0.25) is 0 Å². The number of rotatable bonds is 0. The van der Waals surface area contributed by atoms with Gasteiger partial charge in [-0.25, -0.2) is 0 Å². The molecule has 0 heterocycles. The molecule has 2 aromatic carbocycles. The fourth-order valence-corrected chi connectivity index (χ4v) is 1.84. The lowest BCUT2D eigenvalue weighted by atomic mass is 10.1. The minimum atomic E-state index is -4.37. The maximum Gasteiger partial charge on any atom is 0.417 e. The van der Waals surface area contributed by atoms with Crippen molar-refractivity contribution in [2.75, 3.05) is 0 Å². The van der Waals surface area contributed by atoms with E-state index in [2.05, 4.69) is 0 Å². The number of benzene rings is 2. The van der Waals surface area contributed by atoms with E-state index in [0.29, 0.717) is 5.39 Å². The van der Waals surface area contributed by atoms with Crippen molar-refractivity contribution in [3.05, 3.63) is 42.0 Å². The monoisotopic (exact) mass is 227 g/mol. The summed E-state index contributed by atoms with van der Waals surface area (Å²) in [4.78, 5) is -0.124. The molecule has 0 unspecified atom stereocenters. The minimum Gasteiger partial charge on any atom is -0.166 e. The van der Waals surface area contributed by atoms with Crippen LogP contribution in [0.3, 0.4) is 0 Å². The molecule has 4 heteroatoms. The second-order valence-electron chi connectivity index (χ2n) is 3.16. The number of halogens is 3. The zero-order valence-electron chi connectivity index (χ0n) is 7.51. The Hall–Kier alpha value is -1.29. The minimum absolute atomic E-state index is 0.124. The van der Waals surface area contributed by atoms with E-state index in [1.807, 2.05) is 0 Å². The summed E-state index contributed by atoms with van der Waals surface area (Å²) in [6.07, 6.45) is -4.37. The van der Waals surface area contributed by atoms with Crippen LogP contribution in [0.2, 0.25) is 0 Å². The Morgan fingerprint density at radius 1 is 0.933 bits per heavy atom. The largest absolute Gasteiger partial charge is 0.417 e. The molecule has 0 N–H and O–H groups in total. The fourth-order valence-electron chi connectivity index (χ4n) is 1.47. The van der Waals surface area contributed by atoms with Gasteiger partial charge in [0, 0.05) is 5.39 Å². The predicted octanol–water partition coefficient (Wildman–Crippen LogP) is 4.42. The van der Waals surface area contributed by atoms with Gasteiger partial charge in [-0.05, 0) is 11.5 Å². The van der Waals surface area contributed by atoms with Crippen LogP contribution in [-0.4, -0.2) is 0 Å². The maximum absolute atomic E-state index is 12.5. The van der Waals surface area contributed by atoms with Gasteiger partial charge in [-0.2, -0.15) is 13.2 Å². The highest BCUT2D eigenvalue weighted by molar-refractivity contribution is 7.80. The summed E-state index contributed by atoms with van der Waals surface area (Å²) >= 11 is 4.82. The number of hydrogen-bond donors (Lipinski definition) is 0. The molecular weight excluding hydrogens is 221 g/mol. The first kappa shape index (κ1) is 10.2. The first-order valence-electron chi connectivity index (χ1n) is 4.26. The van der Waals surface area contributed by atoms with E-state index in [4.69, 9.17) is 12.6 Å². The first-order chi connectivity index (χ1) is 7.00. The van der Waals surface area contributed by atoms with Crippen molar-refractivity contribution in [1.82, 2.24) is 0 Å². The second kappa shape index (κ2) is 3.38. The number of hydrogen-bond acceptors (Lipinski definition) is 0. The van der Waals surface area contributed by atoms with Gasteiger partial charge in [-0.15, -0.1) is 0 Å². The lowest BCUT2D eigenvalue weighted by Crippen LogP contribution is -2.06. The summed E-state index contributed by atoms with van der Waals surface area (Å²) in [5.41, 5.74) is -0.740. The summed E-state index contributed by atoms with van der Waals surface area (Å²) in [7, 11) is 0. The molecule has 0 atom stereocenters. The third-order valence-corrected chi connectivity index (χ3v) is 2.62. The third-order valence-electron chi connectivity index (χ3n) is 2.18. The summed E-state index contributed by atoms with van der Waals surface area (Å²) in [5, 5.41) is 1.21. The van der Waals surface area contributed by atoms with Crippen molar-refractivity contribution in [1.29, 1.82) is 0 Å². The molecule has 1 radical (unpaired) electrons. The summed E-state index contributed by atoms with van der Waals surface area (Å²) in [6.45, 7) is 0. The average molecular weight is 227 g/mol. The van der Waals surface area contributed by atoms with Crippen LogP contribution in [0.15, 0.2) is 41.3 Å². The third kappa shape index (κ3) is 1.77. The molecule has 77 valence electrons. The predicted molar refractivity (Wildman–Crippen MR) is 54.8 cm³/mol. The maximum atomic E-state index is 12.5. The SMILES string of the molecule is FC(F)(F)c1ccc2ccccc2c1[S]. The zero-order chi connectivity index (χ0) is 11.1. The van der Waals surface area contributed by atoms with E-state index in [1.54, 1.807) is 24.3 Å². The average Bonchev–Trinajstić information content (AvgIpc) is 2.16. The van der Waals surface area contributed by atoms with E-state index < -0.39 is 11.7 Å². The van der Waals surface area contributed by atoms with Crippen molar-refractivity contribution >= 4 is 23.4 Å². The molecule has 0 bridgehead atoms. The van der Waals surface area contributed by atoms with Crippen LogP contribution in [0.25, 0.3) is 10.8 Å². The molecule has 0 aliphatic carbocycles. The van der Waals surface area contributed by atoms with E-state index in [9.17, 15) is 13.2 Å². The van der Waals surface area contributed by atoms with Crippen molar-refractivity contribution in [3.8, 4) is 0 Å². The first-order valence-corrected chi connectivity index (χ1v) is 4.67. The lowest BCUT2D eigenvalue weighted by molar-refractivity contribution is -0.139. The van der Waals surface area contributed by atoms with E-state index in [-0.39, 0.29) is 4.90 Å². The second-order valence-corrected chi connectivity index (χ2v) is 3.57. The van der Waals surface area contributed by atoms with E-state index in [0.717, 1.165) is 11.5 Å². The van der Waals surface area contributed by atoms with Crippen LogP contribution >= 0.6 is 12.6 Å². The van der Waals surface area contributed by atoms with Gasteiger partial charge in [-0.1, -0.05) is 43.0 Å². The standard InChI is InChI=1S/C11H6F3S/c12-11(13,14)9-6-5-7-3-1-2-4-8(7)10(9)15/h1-6H. The van der Waals surface area contributed by atoms with Crippen LogP contribution < -0.4 is 0 Å². The molecule has 0 aliphatic rings. The molecule has 2 aromatic rings. The Morgan fingerprint density at radius 2 is 1.60 bits per heavy atom. The van der Waals surface area contributed by atoms with Gasteiger partial charge in [-0.3, -0.25) is 0 Å². The molecule has 0 amide bonds. The van der Waals surface area contributed by atoms with Gasteiger partial charge in [0.15, 0.2) is 0 Å². The van der Waals surface area contributed by atoms with Gasteiger partial charge in [0.25, 0.3) is 0 Å². The molecule has 0 aromatic heterocycles. The van der Waals surface area contributed by atoms with Gasteiger partial charge >= 0.3 is 6.18 Å². The zero-order valence-corrected chi connectivity index (χ0v) is 8.32. The highest BCUT2D eigenvalue weighted by atomic mass is 32.1. The lowest BCUT2D eigenvalue weighted by Gasteiger charge is -2.10. The molecule has 0 saturated heterocycles. The Labute approximate surface area is 90.1 Å². The molecule has 0 nitrogen and oxygen atoms in total. The van der Waals surface area contributed by atoms with Gasteiger partial charge in [0.1, 0.15) is 0 Å². The van der Waals surface area contributed by atoms with Crippen molar-refractivity contribution < 1.29 is 13.2 Å². The number of alkyl halides is 3. The molecule has 0 saturated carbocycles. The van der Waals surface area contributed by atoms with Crippen LogP contribution in [0.4, 0.5) is 13.2 Å². The highest BCUT2D eigenvalue weighted by Gasteiger charge is 2.33. The van der Waals surface area contributed by atoms with E-state index >= 15 is 0 Å². The molecule has 15 heavy (non-hydrogen) atoms. The van der Waals surface area contributed by atoms with Crippen LogP contribution in [0.5, 0.6) is 0 Å². The number of fused-ring (bicyclic) bond motifs is 1. The fraction of sp³-hybridized carbons (Fsp3) is 0.0909. The Kier molecular flexibility index (Phi) is 2.31. The topological polar surface area (TPSA) is 0 Å². The summed E-state index contributed by atoms with van der Waals surface area (Å²) in [6, 6.07) is 9.26. The smallest absolute Gasteiger partial charge is 0.166 e. The van der Waals surface area contributed by atoms with Gasteiger partial charge in [0.05, 0.1) is 10.5 Å². The van der Waals surface area contributed by atoms with Crippen LogP contribution in [0, 0.1) is 0 Å². The highest BCUT2D eigenvalue weighted by Crippen LogP contribution is 2.37. The van der Waals surface area contributed by atoms with Crippen molar-refractivity contribution in [3.63, 3.8) is 0 Å². The summed E-state index contributed by atoms with van der Waals surface area (Å²) in [5.74, 6) is 0. The molecule has 0 fully saturated rings. The van der Waals surface area contributed by atoms with Crippen LogP contribution in [-0.2, 0) is 6.18 Å². The molecular formula is C11H6F3S. The summed E-state index contributed by atoms with van der Waals surface area (Å²) < 4.78 is 37.5. The Balaban J connectivity index is 2.76. The normalized spacial score (nSPS) is 11.9. The van der Waals surface area contributed by atoms with Crippen molar-refractivity contribution in [2.45, 2.75) is 11.1 Å². The van der Waals surface area contributed by atoms with Crippen molar-refractivity contribution in [2.24, 2.45) is 0 Å². The molecule has 0 spiro atoms. The van der Waals surface area contributed by atoms with Gasteiger partial charge < -0.3 is 0 Å². The Morgan fingerprint density at radius 3 is 2.27 bits per heavy atom. The van der Waals surface area contributed by atoms with Crippen LogP contribution in [0.1, 0.15) is 5.56 Å². The Bertz CT molecular complexity index is 503. The molecule has 2 rings (SSSR count). The quantitative estimate of drug-likeness (QED) is 0.625.